The van der Waals surface area contributed by atoms with Gasteiger partial charge in [-0.1, -0.05) is 46.3 Å². The van der Waals surface area contributed by atoms with Crippen LogP contribution in [-0.4, -0.2) is 24.1 Å². The van der Waals surface area contributed by atoms with Crippen molar-refractivity contribution in [1.82, 2.24) is 5.32 Å². The SMILES string of the molecule is O=C(CNC(=O)c1ccc2c(c1)C(=O)c1ccccc1-2)Nc1ccc(Br)cc1. The van der Waals surface area contributed by atoms with Crippen molar-refractivity contribution in [2.24, 2.45) is 0 Å². The first-order chi connectivity index (χ1) is 13.5. The summed E-state index contributed by atoms with van der Waals surface area (Å²) in [5.41, 5.74) is 3.84. The molecule has 3 aromatic rings. The minimum atomic E-state index is -0.405. The third-order valence-corrected chi connectivity index (χ3v) is 5.05. The minimum absolute atomic E-state index is 0.0896. The maximum Gasteiger partial charge on any atom is 0.251 e. The molecule has 1 aliphatic rings. The lowest BCUT2D eigenvalue weighted by atomic mass is 10.0. The van der Waals surface area contributed by atoms with E-state index in [0.717, 1.165) is 15.6 Å². The van der Waals surface area contributed by atoms with E-state index in [-0.39, 0.29) is 18.2 Å². The van der Waals surface area contributed by atoms with Crippen LogP contribution in [0.2, 0.25) is 0 Å². The van der Waals surface area contributed by atoms with E-state index in [9.17, 15) is 14.4 Å². The Morgan fingerprint density at radius 1 is 0.821 bits per heavy atom. The van der Waals surface area contributed by atoms with E-state index < -0.39 is 5.91 Å². The standard InChI is InChI=1S/C22H15BrN2O3/c23-14-6-8-15(9-7-14)25-20(26)12-24-22(28)13-5-10-17-16-3-1-2-4-18(16)21(27)19(17)11-13/h1-11H,12H2,(H,24,28)(H,25,26). The van der Waals surface area contributed by atoms with Gasteiger partial charge >= 0.3 is 0 Å². The largest absolute Gasteiger partial charge is 0.343 e. The zero-order valence-corrected chi connectivity index (χ0v) is 16.2. The summed E-state index contributed by atoms with van der Waals surface area (Å²) in [6, 6.07) is 19.5. The van der Waals surface area contributed by atoms with E-state index in [1.54, 1.807) is 36.4 Å². The van der Waals surface area contributed by atoms with Gasteiger partial charge in [0.2, 0.25) is 5.91 Å². The lowest BCUT2D eigenvalue weighted by Gasteiger charge is -2.08. The molecule has 28 heavy (non-hydrogen) atoms. The normalized spacial score (nSPS) is 11.5. The number of anilines is 1. The Bertz CT molecular complexity index is 1110. The fourth-order valence-corrected chi connectivity index (χ4v) is 3.43. The van der Waals surface area contributed by atoms with Crippen LogP contribution < -0.4 is 10.6 Å². The molecule has 0 unspecified atom stereocenters. The summed E-state index contributed by atoms with van der Waals surface area (Å²) in [6.07, 6.45) is 0. The molecule has 6 heteroatoms. The molecule has 0 saturated carbocycles. The number of benzene rings is 3. The molecular weight excluding hydrogens is 420 g/mol. The third-order valence-electron chi connectivity index (χ3n) is 4.53. The van der Waals surface area contributed by atoms with Gasteiger partial charge in [0.25, 0.3) is 5.91 Å². The third kappa shape index (κ3) is 3.46. The van der Waals surface area contributed by atoms with Gasteiger partial charge in [-0.3, -0.25) is 14.4 Å². The Labute approximate surface area is 169 Å². The average molecular weight is 435 g/mol. The van der Waals surface area contributed by atoms with Crippen molar-refractivity contribution in [3.63, 3.8) is 0 Å². The van der Waals surface area contributed by atoms with Crippen molar-refractivity contribution in [1.29, 1.82) is 0 Å². The highest BCUT2D eigenvalue weighted by molar-refractivity contribution is 9.10. The fraction of sp³-hybridized carbons (Fsp3) is 0.0455. The summed E-state index contributed by atoms with van der Waals surface area (Å²) in [6.45, 7) is -0.167. The Hall–Kier alpha value is -3.25. The van der Waals surface area contributed by atoms with Gasteiger partial charge in [-0.25, -0.2) is 0 Å². The van der Waals surface area contributed by atoms with Gasteiger partial charge in [-0.15, -0.1) is 0 Å². The summed E-state index contributed by atoms with van der Waals surface area (Å²) >= 11 is 3.33. The molecule has 4 rings (SSSR count). The molecule has 0 aliphatic heterocycles. The molecular formula is C22H15BrN2O3. The fourth-order valence-electron chi connectivity index (χ4n) is 3.17. The van der Waals surface area contributed by atoms with Crippen LogP contribution in [-0.2, 0) is 4.79 Å². The molecule has 0 bridgehead atoms. The van der Waals surface area contributed by atoms with Crippen molar-refractivity contribution in [3.05, 3.63) is 87.9 Å². The van der Waals surface area contributed by atoms with Crippen LogP contribution in [0.4, 0.5) is 5.69 Å². The second-order valence-corrected chi connectivity index (χ2v) is 7.29. The van der Waals surface area contributed by atoms with E-state index in [0.29, 0.717) is 22.4 Å². The highest BCUT2D eigenvalue weighted by Crippen LogP contribution is 2.36. The second-order valence-electron chi connectivity index (χ2n) is 6.37. The minimum Gasteiger partial charge on any atom is -0.343 e. The van der Waals surface area contributed by atoms with Gasteiger partial charge in [-0.2, -0.15) is 0 Å². The molecule has 138 valence electrons. The lowest BCUT2D eigenvalue weighted by Crippen LogP contribution is -2.32. The molecule has 0 spiro atoms. The van der Waals surface area contributed by atoms with Crippen molar-refractivity contribution >= 4 is 39.2 Å². The number of hydrogen-bond acceptors (Lipinski definition) is 3. The predicted molar refractivity (Wildman–Crippen MR) is 110 cm³/mol. The first-order valence-electron chi connectivity index (χ1n) is 8.65. The molecule has 0 saturated heterocycles. The number of rotatable bonds is 4. The lowest BCUT2D eigenvalue weighted by molar-refractivity contribution is -0.115. The Morgan fingerprint density at radius 2 is 1.50 bits per heavy atom. The van der Waals surface area contributed by atoms with E-state index >= 15 is 0 Å². The second kappa shape index (κ2) is 7.40. The van der Waals surface area contributed by atoms with Crippen molar-refractivity contribution in [2.45, 2.75) is 0 Å². The summed E-state index contributed by atoms with van der Waals surface area (Å²) in [4.78, 5) is 37.0. The molecule has 2 N–H and O–H groups in total. The molecule has 5 nitrogen and oxygen atoms in total. The smallest absolute Gasteiger partial charge is 0.251 e. The van der Waals surface area contributed by atoms with Gasteiger partial charge in [0.15, 0.2) is 5.78 Å². The molecule has 0 atom stereocenters. The number of amides is 2. The van der Waals surface area contributed by atoms with Crippen molar-refractivity contribution in [3.8, 4) is 11.1 Å². The maximum absolute atomic E-state index is 12.6. The Kier molecular flexibility index (Phi) is 4.79. The highest BCUT2D eigenvalue weighted by atomic mass is 79.9. The molecule has 0 heterocycles. The van der Waals surface area contributed by atoms with Gasteiger partial charge in [-0.05, 0) is 47.5 Å². The summed E-state index contributed by atoms with van der Waals surface area (Å²) < 4.78 is 0.909. The molecule has 1 aliphatic carbocycles. The van der Waals surface area contributed by atoms with E-state index in [1.165, 1.54) is 0 Å². The van der Waals surface area contributed by atoms with Gasteiger partial charge in [0, 0.05) is 26.9 Å². The van der Waals surface area contributed by atoms with Gasteiger partial charge < -0.3 is 10.6 Å². The first-order valence-corrected chi connectivity index (χ1v) is 9.44. The summed E-state index contributed by atoms with van der Waals surface area (Å²) in [7, 11) is 0. The Morgan fingerprint density at radius 3 is 2.25 bits per heavy atom. The monoisotopic (exact) mass is 434 g/mol. The van der Waals surface area contributed by atoms with E-state index in [4.69, 9.17) is 0 Å². The molecule has 0 aromatic heterocycles. The number of halogens is 1. The van der Waals surface area contributed by atoms with Crippen LogP contribution in [0.5, 0.6) is 0 Å². The molecule has 2 amide bonds. The number of ketones is 1. The number of carbonyl (C=O) groups is 3. The predicted octanol–water partition coefficient (Wildman–Crippen LogP) is 4.03. The van der Waals surface area contributed by atoms with E-state index in [2.05, 4.69) is 26.6 Å². The average Bonchev–Trinajstić information content (AvgIpc) is 3.00. The van der Waals surface area contributed by atoms with Crippen LogP contribution in [0.15, 0.2) is 71.2 Å². The zero-order chi connectivity index (χ0) is 19.7. The van der Waals surface area contributed by atoms with Gasteiger partial charge in [0.05, 0.1) is 6.54 Å². The number of hydrogen-bond donors (Lipinski definition) is 2. The van der Waals surface area contributed by atoms with Crippen molar-refractivity contribution < 1.29 is 14.4 Å². The quantitative estimate of drug-likeness (QED) is 0.509. The number of fused-ring (bicyclic) bond motifs is 3. The van der Waals surface area contributed by atoms with Crippen LogP contribution in [0.25, 0.3) is 11.1 Å². The molecule has 3 aromatic carbocycles. The number of carbonyl (C=O) groups excluding carboxylic acids is 3. The topological polar surface area (TPSA) is 75.3 Å². The summed E-state index contributed by atoms with van der Waals surface area (Å²) in [5.74, 6) is -0.828. The highest BCUT2D eigenvalue weighted by Gasteiger charge is 2.27. The van der Waals surface area contributed by atoms with Gasteiger partial charge in [0.1, 0.15) is 0 Å². The van der Waals surface area contributed by atoms with Crippen molar-refractivity contribution in [2.75, 3.05) is 11.9 Å². The van der Waals surface area contributed by atoms with Crippen LogP contribution in [0.3, 0.4) is 0 Å². The Balaban J connectivity index is 1.43. The van der Waals surface area contributed by atoms with E-state index in [1.807, 2.05) is 30.3 Å². The van der Waals surface area contributed by atoms with Crippen LogP contribution in [0, 0.1) is 0 Å². The zero-order valence-electron chi connectivity index (χ0n) is 14.7. The van der Waals surface area contributed by atoms with Crippen LogP contribution in [0.1, 0.15) is 26.3 Å². The number of nitrogens with one attached hydrogen (secondary N) is 2. The summed E-state index contributed by atoms with van der Waals surface area (Å²) in [5, 5.41) is 5.29. The van der Waals surface area contributed by atoms with Crippen LogP contribution >= 0.6 is 15.9 Å². The molecule has 0 radical (unpaired) electrons. The molecule has 0 fully saturated rings. The first kappa shape index (κ1) is 18.1. The maximum atomic E-state index is 12.6.